The van der Waals surface area contributed by atoms with E-state index in [-0.39, 0.29) is 5.41 Å². The van der Waals surface area contributed by atoms with E-state index in [1.807, 2.05) is 31.5 Å². The number of aryl methyl sites for hydroxylation is 1. The van der Waals surface area contributed by atoms with E-state index in [2.05, 4.69) is 44.0 Å². The number of pyridine rings is 1. The van der Waals surface area contributed by atoms with Crippen molar-refractivity contribution < 1.29 is 4.74 Å². The van der Waals surface area contributed by atoms with Crippen molar-refractivity contribution in [2.24, 2.45) is 0 Å². The van der Waals surface area contributed by atoms with Crippen LogP contribution in [-0.4, -0.2) is 4.98 Å². The summed E-state index contributed by atoms with van der Waals surface area (Å²) in [5, 5.41) is 0. The normalized spacial score (nSPS) is 11.4. The highest BCUT2D eigenvalue weighted by Gasteiger charge is 2.12. The lowest BCUT2D eigenvalue weighted by molar-refractivity contribution is 0.305. The minimum absolute atomic E-state index is 0.180. The molecule has 0 radical (unpaired) electrons. The third-order valence-electron chi connectivity index (χ3n) is 3.06. The third-order valence-corrected chi connectivity index (χ3v) is 3.06. The predicted molar refractivity (Wildman–Crippen MR) is 78.4 cm³/mol. The summed E-state index contributed by atoms with van der Waals surface area (Å²) in [5.41, 5.74) is 3.75. The first-order valence-electron chi connectivity index (χ1n) is 6.59. The molecule has 2 heteroatoms. The summed E-state index contributed by atoms with van der Waals surface area (Å²) in [6.45, 7) is 9.22. The Bertz CT molecular complexity index is 538. The molecule has 1 aromatic heterocycles. The van der Waals surface area contributed by atoms with E-state index in [0.29, 0.717) is 6.61 Å². The van der Waals surface area contributed by atoms with Crippen molar-refractivity contribution in [3.05, 3.63) is 59.4 Å². The monoisotopic (exact) mass is 255 g/mol. The largest absolute Gasteiger partial charge is 0.489 e. The van der Waals surface area contributed by atoms with Crippen molar-refractivity contribution in [2.45, 2.75) is 39.7 Å². The molecular formula is C17H21NO. The van der Waals surface area contributed by atoms with Gasteiger partial charge in [-0.05, 0) is 41.7 Å². The summed E-state index contributed by atoms with van der Waals surface area (Å²) >= 11 is 0. The van der Waals surface area contributed by atoms with Crippen LogP contribution in [0.1, 0.15) is 37.5 Å². The maximum absolute atomic E-state index is 5.77. The van der Waals surface area contributed by atoms with Crippen molar-refractivity contribution in [1.82, 2.24) is 4.98 Å². The number of benzene rings is 1. The summed E-state index contributed by atoms with van der Waals surface area (Å²) in [7, 11) is 0. The summed E-state index contributed by atoms with van der Waals surface area (Å²) in [6, 6.07) is 10.4. The van der Waals surface area contributed by atoms with E-state index in [1.165, 1.54) is 5.56 Å². The quantitative estimate of drug-likeness (QED) is 0.817. The molecule has 0 saturated carbocycles. The van der Waals surface area contributed by atoms with Crippen molar-refractivity contribution in [2.75, 3.05) is 0 Å². The van der Waals surface area contributed by atoms with Crippen LogP contribution in [-0.2, 0) is 12.0 Å². The number of nitrogens with zero attached hydrogens (tertiary/aromatic N) is 1. The van der Waals surface area contributed by atoms with E-state index in [4.69, 9.17) is 4.74 Å². The summed E-state index contributed by atoms with van der Waals surface area (Å²) in [4.78, 5) is 4.16. The maximum Gasteiger partial charge on any atom is 0.119 e. The highest BCUT2D eigenvalue weighted by Crippen LogP contribution is 2.24. The van der Waals surface area contributed by atoms with Crippen molar-refractivity contribution in [3.8, 4) is 5.75 Å². The molecule has 0 spiro atoms. The molecule has 0 aliphatic rings. The Labute approximate surface area is 115 Å². The van der Waals surface area contributed by atoms with Crippen LogP contribution in [0.2, 0.25) is 0 Å². The van der Waals surface area contributed by atoms with E-state index >= 15 is 0 Å². The second-order valence-electron chi connectivity index (χ2n) is 5.93. The van der Waals surface area contributed by atoms with E-state index in [1.54, 1.807) is 0 Å². The van der Waals surface area contributed by atoms with Crippen LogP contribution in [0, 0.1) is 6.92 Å². The van der Waals surface area contributed by atoms with Crippen molar-refractivity contribution in [1.29, 1.82) is 0 Å². The van der Waals surface area contributed by atoms with Gasteiger partial charge >= 0.3 is 0 Å². The first kappa shape index (κ1) is 13.6. The van der Waals surface area contributed by atoms with Gasteiger partial charge in [0, 0.05) is 18.0 Å². The molecular weight excluding hydrogens is 234 g/mol. The zero-order valence-corrected chi connectivity index (χ0v) is 12.1. The molecule has 1 aromatic carbocycles. The van der Waals surface area contributed by atoms with E-state index in [0.717, 1.165) is 16.9 Å². The highest BCUT2D eigenvalue weighted by molar-refractivity contribution is 5.31. The number of aromatic nitrogens is 1. The first-order valence-corrected chi connectivity index (χ1v) is 6.59. The van der Waals surface area contributed by atoms with Crippen LogP contribution in [0.15, 0.2) is 42.7 Å². The van der Waals surface area contributed by atoms with Crippen LogP contribution in [0.4, 0.5) is 0 Å². The van der Waals surface area contributed by atoms with Gasteiger partial charge in [-0.1, -0.05) is 32.9 Å². The summed E-state index contributed by atoms with van der Waals surface area (Å²) in [5.74, 6) is 0.898. The second-order valence-corrected chi connectivity index (χ2v) is 5.93. The lowest BCUT2D eigenvalue weighted by Crippen LogP contribution is -2.10. The number of hydrogen-bond donors (Lipinski definition) is 0. The highest BCUT2D eigenvalue weighted by atomic mass is 16.5. The molecule has 0 atom stereocenters. The predicted octanol–water partition coefficient (Wildman–Crippen LogP) is 4.27. The standard InChI is InChI=1S/C17H21NO/c1-13-9-14(11-18-10-13)12-19-16-7-5-15(6-8-16)17(2,3)4/h5-11H,12H2,1-4H3. The fourth-order valence-corrected chi connectivity index (χ4v) is 1.91. The van der Waals surface area contributed by atoms with Gasteiger partial charge in [0.05, 0.1) is 0 Å². The molecule has 2 nitrogen and oxygen atoms in total. The second kappa shape index (κ2) is 5.43. The fourth-order valence-electron chi connectivity index (χ4n) is 1.91. The van der Waals surface area contributed by atoms with Gasteiger partial charge in [0.2, 0.25) is 0 Å². The van der Waals surface area contributed by atoms with Gasteiger partial charge < -0.3 is 4.74 Å². The van der Waals surface area contributed by atoms with E-state index < -0.39 is 0 Å². The van der Waals surface area contributed by atoms with Gasteiger partial charge in [0.15, 0.2) is 0 Å². The molecule has 0 amide bonds. The van der Waals surface area contributed by atoms with Gasteiger partial charge in [-0.15, -0.1) is 0 Å². The number of hydrogen-bond acceptors (Lipinski definition) is 2. The molecule has 0 saturated heterocycles. The molecule has 2 aromatic rings. The van der Waals surface area contributed by atoms with Crippen LogP contribution >= 0.6 is 0 Å². The van der Waals surface area contributed by atoms with Gasteiger partial charge in [-0.2, -0.15) is 0 Å². The number of rotatable bonds is 3. The van der Waals surface area contributed by atoms with Crippen LogP contribution < -0.4 is 4.74 Å². The van der Waals surface area contributed by atoms with Crippen LogP contribution in [0.5, 0.6) is 5.75 Å². The Balaban J connectivity index is 2.01. The maximum atomic E-state index is 5.77. The molecule has 0 aliphatic carbocycles. The minimum atomic E-state index is 0.180. The van der Waals surface area contributed by atoms with Gasteiger partial charge in [0.25, 0.3) is 0 Å². The Morgan fingerprint density at radius 2 is 1.74 bits per heavy atom. The SMILES string of the molecule is Cc1cncc(COc2ccc(C(C)(C)C)cc2)c1. The van der Waals surface area contributed by atoms with Crippen LogP contribution in [0.3, 0.4) is 0 Å². The molecule has 0 N–H and O–H groups in total. The zero-order chi connectivity index (χ0) is 13.9. The van der Waals surface area contributed by atoms with E-state index in [9.17, 15) is 0 Å². The topological polar surface area (TPSA) is 22.1 Å². The summed E-state index contributed by atoms with van der Waals surface area (Å²) < 4.78 is 5.77. The smallest absolute Gasteiger partial charge is 0.119 e. The molecule has 0 bridgehead atoms. The molecule has 19 heavy (non-hydrogen) atoms. The van der Waals surface area contributed by atoms with Gasteiger partial charge in [-0.3, -0.25) is 4.98 Å². The lowest BCUT2D eigenvalue weighted by atomic mass is 9.87. The van der Waals surface area contributed by atoms with Gasteiger partial charge in [-0.25, -0.2) is 0 Å². The van der Waals surface area contributed by atoms with Crippen LogP contribution in [0.25, 0.3) is 0 Å². The molecule has 0 unspecified atom stereocenters. The summed E-state index contributed by atoms with van der Waals surface area (Å²) in [6.07, 6.45) is 3.69. The minimum Gasteiger partial charge on any atom is -0.489 e. The molecule has 100 valence electrons. The molecule has 1 heterocycles. The Morgan fingerprint density at radius 3 is 2.32 bits per heavy atom. The zero-order valence-electron chi connectivity index (χ0n) is 12.1. The average molecular weight is 255 g/mol. The molecule has 0 fully saturated rings. The molecule has 2 rings (SSSR count). The first-order chi connectivity index (χ1) is 8.95. The van der Waals surface area contributed by atoms with Crippen molar-refractivity contribution >= 4 is 0 Å². The fraction of sp³-hybridized carbons (Fsp3) is 0.353. The van der Waals surface area contributed by atoms with Crippen molar-refractivity contribution in [3.63, 3.8) is 0 Å². The van der Waals surface area contributed by atoms with Gasteiger partial charge in [0.1, 0.15) is 12.4 Å². The molecule has 0 aliphatic heterocycles. The average Bonchev–Trinajstić information content (AvgIpc) is 2.36. The Hall–Kier alpha value is -1.83. The third kappa shape index (κ3) is 3.82. The Morgan fingerprint density at radius 1 is 1.05 bits per heavy atom. The lowest BCUT2D eigenvalue weighted by Gasteiger charge is -2.19. The number of ether oxygens (including phenoxy) is 1. The Kier molecular flexibility index (Phi) is 3.89.